The van der Waals surface area contributed by atoms with E-state index in [2.05, 4.69) is 206 Å². The fraction of sp³-hybridized carbons (Fsp3) is 0.0417. The molecule has 0 atom stereocenters. The number of hydrogen-bond acceptors (Lipinski definition) is 1. The molecular formula is C48H38N2. The van der Waals surface area contributed by atoms with Gasteiger partial charge in [-0.15, -0.1) is 0 Å². The minimum absolute atomic E-state index is 1.10. The number of rotatable bonds is 8. The highest BCUT2D eigenvalue weighted by atomic mass is 15.1. The summed E-state index contributed by atoms with van der Waals surface area (Å²) in [5.41, 5.74) is 12.8. The van der Waals surface area contributed by atoms with Crippen LogP contribution in [0.2, 0.25) is 0 Å². The van der Waals surface area contributed by atoms with E-state index in [-0.39, 0.29) is 0 Å². The highest BCUT2D eigenvalue weighted by Crippen LogP contribution is 2.42. The predicted octanol–water partition coefficient (Wildman–Crippen LogP) is 13.6. The van der Waals surface area contributed by atoms with Gasteiger partial charge in [-0.1, -0.05) is 146 Å². The number of allylic oxidation sites excluding steroid dienone is 4. The Balaban J connectivity index is 1.19. The van der Waals surface area contributed by atoms with Gasteiger partial charge in [0.2, 0.25) is 0 Å². The van der Waals surface area contributed by atoms with E-state index in [9.17, 15) is 0 Å². The molecule has 1 heterocycles. The molecule has 0 spiro atoms. The Morgan fingerprint density at radius 3 is 1.56 bits per heavy atom. The molecule has 1 N–H and O–H groups in total. The maximum atomic E-state index is 3.62. The van der Waals surface area contributed by atoms with Crippen molar-refractivity contribution in [3.63, 3.8) is 0 Å². The third-order valence-electron chi connectivity index (χ3n) is 9.59. The number of hydrogen-bond donors (Lipinski definition) is 1. The number of nitrogens with zero attached hydrogens (tertiary/aromatic N) is 1. The Labute approximate surface area is 294 Å². The Morgan fingerprint density at radius 2 is 0.920 bits per heavy atom. The van der Waals surface area contributed by atoms with E-state index in [1.54, 1.807) is 0 Å². The molecule has 0 unspecified atom stereocenters. The van der Waals surface area contributed by atoms with Crippen LogP contribution in [0, 0.1) is 0 Å². The van der Waals surface area contributed by atoms with Crippen molar-refractivity contribution in [1.82, 2.24) is 4.98 Å². The van der Waals surface area contributed by atoms with Gasteiger partial charge in [0, 0.05) is 28.1 Å². The van der Waals surface area contributed by atoms with Crippen molar-refractivity contribution < 1.29 is 0 Å². The van der Waals surface area contributed by atoms with Crippen molar-refractivity contribution >= 4 is 49.8 Å². The standard InChI is InChI=1S/C48H38N2/c1-34(36-13-5-3-6-14-36)21-22-35(2)37-23-27-41(28-24-37)50(48-33-40-17-9-10-18-43(40)44-19-11-12-20-45(44)48)42-29-25-39(26-30-42)47-32-31-46(49-47)38-15-7-4-8-16-38/h3-33,49H,1-2H3/b34-21+,35-22+. The van der Waals surface area contributed by atoms with Gasteiger partial charge in [-0.2, -0.15) is 0 Å². The van der Waals surface area contributed by atoms with E-state index in [1.165, 1.54) is 49.4 Å². The molecule has 0 saturated carbocycles. The first-order valence-corrected chi connectivity index (χ1v) is 17.2. The summed E-state index contributed by atoms with van der Waals surface area (Å²) in [6.45, 7) is 4.35. The number of H-pyrrole nitrogens is 1. The van der Waals surface area contributed by atoms with E-state index in [4.69, 9.17) is 0 Å². The molecule has 50 heavy (non-hydrogen) atoms. The molecule has 0 aliphatic heterocycles. The van der Waals surface area contributed by atoms with Crippen molar-refractivity contribution in [1.29, 1.82) is 0 Å². The Hall–Kier alpha value is -6.38. The summed E-state index contributed by atoms with van der Waals surface area (Å²) in [6.07, 6.45) is 4.43. The lowest BCUT2D eigenvalue weighted by molar-refractivity contribution is 1.29. The van der Waals surface area contributed by atoms with Gasteiger partial charge in [0.15, 0.2) is 0 Å². The summed E-state index contributed by atoms with van der Waals surface area (Å²) in [7, 11) is 0. The molecule has 0 bridgehead atoms. The van der Waals surface area contributed by atoms with Crippen molar-refractivity contribution in [2.75, 3.05) is 4.90 Å². The molecule has 0 aliphatic rings. The van der Waals surface area contributed by atoms with Crippen LogP contribution < -0.4 is 4.90 Å². The first-order chi connectivity index (χ1) is 24.6. The molecule has 8 aromatic rings. The molecule has 240 valence electrons. The summed E-state index contributed by atoms with van der Waals surface area (Å²) in [6, 6.07) is 63.0. The second kappa shape index (κ2) is 13.6. The van der Waals surface area contributed by atoms with Gasteiger partial charge in [-0.25, -0.2) is 0 Å². The van der Waals surface area contributed by atoms with Gasteiger partial charge in [-0.3, -0.25) is 0 Å². The number of nitrogens with one attached hydrogen (secondary N) is 1. The number of fused-ring (bicyclic) bond motifs is 3. The number of aromatic nitrogens is 1. The topological polar surface area (TPSA) is 19.0 Å². The predicted molar refractivity (Wildman–Crippen MR) is 215 cm³/mol. The van der Waals surface area contributed by atoms with E-state index in [0.717, 1.165) is 34.0 Å². The minimum atomic E-state index is 1.10. The zero-order valence-corrected chi connectivity index (χ0v) is 28.3. The molecular weight excluding hydrogens is 605 g/mol. The lowest BCUT2D eigenvalue weighted by Crippen LogP contribution is -2.10. The summed E-state index contributed by atoms with van der Waals surface area (Å²) < 4.78 is 0. The minimum Gasteiger partial charge on any atom is -0.355 e. The number of aromatic amines is 1. The first-order valence-electron chi connectivity index (χ1n) is 17.2. The Kier molecular flexibility index (Phi) is 8.42. The largest absolute Gasteiger partial charge is 0.355 e. The molecule has 8 rings (SSSR count). The van der Waals surface area contributed by atoms with Crippen LogP contribution in [0.1, 0.15) is 25.0 Å². The highest BCUT2D eigenvalue weighted by Gasteiger charge is 2.18. The van der Waals surface area contributed by atoms with Crippen LogP contribution in [0.4, 0.5) is 17.1 Å². The molecule has 7 aromatic carbocycles. The zero-order valence-electron chi connectivity index (χ0n) is 28.3. The molecule has 0 fully saturated rings. The van der Waals surface area contributed by atoms with Crippen LogP contribution in [0.5, 0.6) is 0 Å². The van der Waals surface area contributed by atoms with Gasteiger partial charge in [-0.05, 0) is 106 Å². The lowest BCUT2D eigenvalue weighted by atomic mass is 9.98. The lowest BCUT2D eigenvalue weighted by Gasteiger charge is -2.28. The summed E-state index contributed by atoms with van der Waals surface area (Å²) in [4.78, 5) is 6.02. The van der Waals surface area contributed by atoms with Crippen LogP contribution in [-0.2, 0) is 0 Å². The fourth-order valence-corrected chi connectivity index (χ4v) is 6.80. The SMILES string of the molecule is C/C(=C\C=C(/C)c1ccc(N(c2ccc(-c3ccc(-c4ccccc4)[nH]3)cc2)c2cc3ccccc3c3ccccc23)cc1)c1ccccc1. The molecule has 2 nitrogen and oxygen atoms in total. The fourth-order valence-electron chi connectivity index (χ4n) is 6.80. The van der Waals surface area contributed by atoms with Crippen LogP contribution in [0.25, 0.3) is 55.2 Å². The highest BCUT2D eigenvalue weighted by molar-refractivity contribution is 6.14. The van der Waals surface area contributed by atoms with Gasteiger partial charge in [0.25, 0.3) is 0 Å². The molecule has 0 saturated heterocycles. The quantitative estimate of drug-likeness (QED) is 0.129. The normalized spacial score (nSPS) is 12.0. The molecule has 1 aromatic heterocycles. The number of anilines is 3. The first kappa shape index (κ1) is 30.9. The average Bonchev–Trinajstić information content (AvgIpc) is 3.69. The van der Waals surface area contributed by atoms with Gasteiger partial charge >= 0.3 is 0 Å². The Morgan fingerprint density at radius 1 is 0.440 bits per heavy atom. The summed E-state index contributed by atoms with van der Waals surface area (Å²) >= 11 is 0. The average molecular weight is 643 g/mol. The van der Waals surface area contributed by atoms with Gasteiger partial charge in [0.05, 0.1) is 5.69 Å². The molecule has 2 heteroatoms. The summed E-state index contributed by atoms with van der Waals surface area (Å²) in [5.74, 6) is 0. The Bertz CT molecular complexity index is 2470. The maximum absolute atomic E-state index is 3.62. The van der Waals surface area contributed by atoms with Crippen LogP contribution >= 0.6 is 0 Å². The van der Waals surface area contributed by atoms with E-state index in [0.29, 0.717) is 0 Å². The molecule has 0 radical (unpaired) electrons. The third kappa shape index (κ3) is 6.16. The van der Waals surface area contributed by atoms with Crippen molar-refractivity contribution in [2.45, 2.75) is 13.8 Å². The van der Waals surface area contributed by atoms with Crippen LogP contribution in [0.3, 0.4) is 0 Å². The van der Waals surface area contributed by atoms with E-state index in [1.807, 2.05) is 6.07 Å². The number of benzene rings is 7. The van der Waals surface area contributed by atoms with Gasteiger partial charge in [0.1, 0.15) is 0 Å². The second-order valence-corrected chi connectivity index (χ2v) is 12.8. The van der Waals surface area contributed by atoms with Crippen molar-refractivity contribution in [3.05, 3.63) is 199 Å². The van der Waals surface area contributed by atoms with E-state index < -0.39 is 0 Å². The van der Waals surface area contributed by atoms with Crippen molar-refractivity contribution in [3.8, 4) is 22.5 Å². The van der Waals surface area contributed by atoms with Crippen molar-refractivity contribution in [2.24, 2.45) is 0 Å². The maximum Gasteiger partial charge on any atom is 0.0546 e. The second-order valence-electron chi connectivity index (χ2n) is 12.8. The van der Waals surface area contributed by atoms with Crippen LogP contribution in [0.15, 0.2) is 188 Å². The smallest absolute Gasteiger partial charge is 0.0546 e. The molecule has 0 amide bonds. The van der Waals surface area contributed by atoms with E-state index >= 15 is 0 Å². The third-order valence-corrected chi connectivity index (χ3v) is 9.59. The van der Waals surface area contributed by atoms with Gasteiger partial charge < -0.3 is 9.88 Å². The monoisotopic (exact) mass is 642 g/mol. The zero-order chi connectivity index (χ0) is 33.9. The summed E-state index contributed by atoms with van der Waals surface area (Å²) in [5, 5.41) is 4.95. The van der Waals surface area contributed by atoms with Crippen LogP contribution in [-0.4, -0.2) is 4.98 Å². The molecule has 0 aliphatic carbocycles.